The molecule has 0 radical (unpaired) electrons. The molecule has 4 atom stereocenters. The summed E-state index contributed by atoms with van der Waals surface area (Å²) < 4.78 is 5.69. The van der Waals surface area contributed by atoms with E-state index in [0.717, 1.165) is 24.4 Å². The van der Waals surface area contributed by atoms with E-state index in [1.54, 1.807) is 5.57 Å². The molecule has 0 aromatic heterocycles. The van der Waals surface area contributed by atoms with Crippen molar-refractivity contribution in [2.45, 2.75) is 51.6 Å². The SMILES string of the molecule is CC1=CC2C(CCC[C@H]2C2(C)CO2)CC1. The third-order valence-electron chi connectivity index (χ3n) is 4.87. The topological polar surface area (TPSA) is 12.5 Å². The van der Waals surface area contributed by atoms with E-state index in [9.17, 15) is 0 Å². The molecule has 3 unspecified atom stereocenters. The third kappa shape index (κ3) is 1.65. The van der Waals surface area contributed by atoms with Gasteiger partial charge in [-0.2, -0.15) is 0 Å². The molecule has 15 heavy (non-hydrogen) atoms. The van der Waals surface area contributed by atoms with Crippen LogP contribution < -0.4 is 0 Å². The molecule has 1 heteroatoms. The van der Waals surface area contributed by atoms with Gasteiger partial charge in [-0.3, -0.25) is 0 Å². The van der Waals surface area contributed by atoms with Crippen LogP contribution in [0.5, 0.6) is 0 Å². The van der Waals surface area contributed by atoms with Gasteiger partial charge in [-0.1, -0.05) is 18.1 Å². The first-order valence-corrected chi connectivity index (χ1v) is 6.50. The van der Waals surface area contributed by atoms with Gasteiger partial charge in [-0.05, 0) is 57.3 Å². The van der Waals surface area contributed by atoms with Crippen molar-refractivity contribution in [3.8, 4) is 0 Å². The van der Waals surface area contributed by atoms with Crippen LogP contribution in [0.25, 0.3) is 0 Å². The number of hydrogen-bond acceptors (Lipinski definition) is 1. The second-order valence-electron chi connectivity index (χ2n) is 6.03. The number of fused-ring (bicyclic) bond motifs is 1. The van der Waals surface area contributed by atoms with Crippen LogP contribution >= 0.6 is 0 Å². The molecule has 0 aromatic rings. The Kier molecular flexibility index (Phi) is 2.21. The molecule has 1 saturated carbocycles. The second kappa shape index (κ2) is 3.35. The Labute approximate surface area is 92.9 Å². The first kappa shape index (κ1) is 9.89. The number of epoxide rings is 1. The molecule has 3 rings (SSSR count). The minimum Gasteiger partial charge on any atom is -0.370 e. The van der Waals surface area contributed by atoms with E-state index in [1.807, 2.05) is 0 Å². The Morgan fingerprint density at radius 2 is 2.13 bits per heavy atom. The van der Waals surface area contributed by atoms with Crippen LogP contribution in [-0.2, 0) is 4.74 Å². The Morgan fingerprint density at radius 1 is 1.33 bits per heavy atom. The molecule has 0 aromatic carbocycles. The van der Waals surface area contributed by atoms with E-state index in [4.69, 9.17) is 4.74 Å². The van der Waals surface area contributed by atoms with Gasteiger partial charge in [0, 0.05) is 0 Å². The fourth-order valence-electron chi connectivity index (χ4n) is 3.77. The van der Waals surface area contributed by atoms with Gasteiger partial charge < -0.3 is 4.74 Å². The highest BCUT2D eigenvalue weighted by Gasteiger charge is 2.52. The predicted molar refractivity (Wildman–Crippen MR) is 61.7 cm³/mol. The van der Waals surface area contributed by atoms with Crippen molar-refractivity contribution in [2.75, 3.05) is 6.61 Å². The van der Waals surface area contributed by atoms with Crippen LogP contribution in [0.4, 0.5) is 0 Å². The minimum absolute atomic E-state index is 0.247. The van der Waals surface area contributed by atoms with Gasteiger partial charge in [0.1, 0.15) is 0 Å². The maximum atomic E-state index is 5.69. The zero-order valence-electron chi connectivity index (χ0n) is 9.96. The maximum absolute atomic E-state index is 5.69. The lowest BCUT2D eigenvalue weighted by atomic mass is 9.63. The Bertz CT molecular complexity index is 288. The predicted octanol–water partition coefficient (Wildman–Crippen LogP) is 3.55. The zero-order chi connectivity index (χ0) is 10.5. The molecule has 1 aliphatic heterocycles. The number of hydrogen-bond donors (Lipinski definition) is 0. The average Bonchev–Trinajstić information content (AvgIpc) is 2.96. The van der Waals surface area contributed by atoms with Crippen molar-refractivity contribution in [1.29, 1.82) is 0 Å². The number of rotatable bonds is 1. The van der Waals surface area contributed by atoms with Crippen LogP contribution in [0.15, 0.2) is 11.6 Å². The van der Waals surface area contributed by atoms with E-state index < -0.39 is 0 Å². The molecular weight excluding hydrogens is 184 g/mol. The lowest BCUT2D eigenvalue weighted by molar-refractivity contribution is 0.0993. The van der Waals surface area contributed by atoms with E-state index in [-0.39, 0.29) is 5.60 Å². The van der Waals surface area contributed by atoms with Gasteiger partial charge in [0.15, 0.2) is 0 Å². The number of allylic oxidation sites excluding steroid dienone is 2. The summed E-state index contributed by atoms with van der Waals surface area (Å²) in [5.74, 6) is 2.61. The summed E-state index contributed by atoms with van der Waals surface area (Å²) in [5, 5.41) is 0. The minimum atomic E-state index is 0.247. The molecule has 1 heterocycles. The van der Waals surface area contributed by atoms with E-state index in [0.29, 0.717) is 0 Å². The standard InChI is InChI=1S/C14H22O/c1-10-6-7-11-4-3-5-13(12(11)8-10)14(2)9-15-14/h8,11-13H,3-7,9H2,1-2H3/t11?,12?,13-,14?/m1/s1. The van der Waals surface area contributed by atoms with Crippen molar-refractivity contribution in [1.82, 2.24) is 0 Å². The summed E-state index contributed by atoms with van der Waals surface area (Å²) in [7, 11) is 0. The van der Waals surface area contributed by atoms with Gasteiger partial charge >= 0.3 is 0 Å². The lowest BCUT2D eigenvalue weighted by Crippen LogP contribution is -2.37. The van der Waals surface area contributed by atoms with Crippen molar-refractivity contribution < 1.29 is 4.74 Å². The lowest BCUT2D eigenvalue weighted by Gasteiger charge is -2.41. The quantitative estimate of drug-likeness (QED) is 0.472. The van der Waals surface area contributed by atoms with Crippen molar-refractivity contribution in [2.24, 2.45) is 17.8 Å². The summed E-state index contributed by atoms with van der Waals surface area (Å²) in [6.45, 7) is 5.63. The fourth-order valence-corrected chi connectivity index (χ4v) is 3.77. The molecule has 1 nitrogen and oxygen atoms in total. The molecule has 0 spiro atoms. The molecule has 2 aliphatic carbocycles. The van der Waals surface area contributed by atoms with Crippen LogP contribution in [0, 0.1) is 17.8 Å². The largest absolute Gasteiger partial charge is 0.370 e. The zero-order valence-corrected chi connectivity index (χ0v) is 9.96. The second-order valence-corrected chi connectivity index (χ2v) is 6.03. The summed E-state index contributed by atoms with van der Waals surface area (Å²) >= 11 is 0. The third-order valence-corrected chi connectivity index (χ3v) is 4.87. The van der Waals surface area contributed by atoms with Crippen LogP contribution in [0.1, 0.15) is 46.0 Å². The van der Waals surface area contributed by atoms with Crippen LogP contribution in [-0.4, -0.2) is 12.2 Å². The fraction of sp³-hybridized carbons (Fsp3) is 0.857. The van der Waals surface area contributed by atoms with Gasteiger partial charge in [-0.25, -0.2) is 0 Å². The Balaban J connectivity index is 1.85. The first-order valence-electron chi connectivity index (χ1n) is 6.50. The molecule has 0 amide bonds. The average molecular weight is 206 g/mol. The van der Waals surface area contributed by atoms with Gasteiger partial charge in [-0.15, -0.1) is 0 Å². The maximum Gasteiger partial charge on any atom is 0.0922 e. The van der Waals surface area contributed by atoms with Gasteiger partial charge in [0.05, 0.1) is 12.2 Å². The number of ether oxygens (including phenoxy) is 1. The van der Waals surface area contributed by atoms with Gasteiger partial charge in [0.2, 0.25) is 0 Å². The monoisotopic (exact) mass is 206 g/mol. The molecule has 0 N–H and O–H groups in total. The molecule has 0 bridgehead atoms. The highest BCUT2D eigenvalue weighted by Crippen LogP contribution is 2.51. The molecule has 3 aliphatic rings. The normalized spacial score (nSPS) is 49.5. The Morgan fingerprint density at radius 3 is 2.87 bits per heavy atom. The molecule has 1 saturated heterocycles. The summed E-state index contributed by atoms with van der Waals surface area (Å²) in [6, 6.07) is 0. The van der Waals surface area contributed by atoms with Crippen molar-refractivity contribution >= 4 is 0 Å². The highest BCUT2D eigenvalue weighted by atomic mass is 16.6. The molecule has 2 fully saturated rings. The van der Waals surface area contributed by atoms with Gasteiger partial charge in [0.25, 0.3) is 0 Å². The summed E-state index contributed by atoms with van der Waals surface area (Å²) in [6.07, 6.45) is 9.62. The Hall–Kier alpha value is -0.300. The summed E-state index contributed by atoms with van der Waals surface area (Å²) in [4.78, 5) is 0. The van der Waals surface area contributed by atoms with E-state index in [2.05, 4.69) is 19.9 Å². The highest BCUT2D eigenvalue weighted by molar-refractivity contribution is 5.13. The molecular formula is C14H22O. The van der Waals surface area contributed by atoms with E-state index in [1.165, 1.54) is 32.1 Å². The molecule has 84 valence electrons. The van der Waals surface area contributed by atoms with Crippen LogP contribution in [0.2, 0.25) is 0 Å². The first-order chi connectivity index (χ1) is 7.19. The van der Waals surface area contributed by atoms with Crippen molar-refractivity contribution in [3.63, 3.8) is 0 Å². The van der Waals surface area contributed by atoms with Crippen molar-refractivity contribution in [3.05, 3.63) is 11.6 Å². The van der Waals surface area contributed by atoms with Crippen LogP contribution in [0.3, 0.4) is 0 Å². The summed E-state index contributed by atoms with van der Waals surface area (Å²) in [5.41, 5.74) is 1.87. The smallest absolute Gasteiger partial charge is 0.0922 e. The van der Waals surface area contributed by atoms with E-state index >= 15 is 0 Å².